The van der Waals surface area contributed by atoms with E-state index in [4.69, 9.17) is 11.6 Å². The van der Waals surface area contributed by atoms with E-state index in [1.807, 2.05) is 0 Å². The maximum absolute atomic E-state index is 11.8. The Morgan fingerprint density at radius 1 is 1.29 bits per heavy atom. The summed E-state index contributed by atoms with van der Waals surface area (Å²) in [6, 6.07) is 1.80. The Labute approximate surface area is 153 Å². The van der Waals surface area contributed by atoms with E-state index in [0.717, 1.165) is 57.9 Å². The number of carbonyl (C=O) groups excluding carboxylic acids is 1. The second-order valence-corrected chi connectivity index (χ2v) is 7.07. The molecule has 1 amide bonds. The highest BCUT2D eigenvalue weighted by molar-refractivity contribution is 7.99. The Morgan fingerprint density at radius 3 is 2.71 bits per heavy atom. The van der Waals surface area contributed by atoms with Crippen LogP contribution in [0.5, 0.6) is 0 Å². The van der Waals surface area contributed by atoms with Crippen molar-refractivity contribution in [1.29, 1.82) is 0 Å². The summed E-state index contributed by atoms with van der Waals surface area (Å²) in [6.07, 6.45) is 2.07. The lowest BCUT2D eigenvalue weighted by Crippen LogP contribution is -2.46. The van der Waals surface area contributed by atoms with E-state index < -0.39 is 0 Å². The fraction of sp³-hybridized carbons (Fsp3) is 0.688. The standard InChI is InChI=1S/C16H26ClN5OS/c1-3-5-6-18-15(23)12-24-16-19-13(17)11-14(20-16)22-9-7-21(4-2)8-10-22/h11H,3-10,12H2,1-2H3,(H,18,23). The lowest BCUT2D eigenvalue weighted by molar-refractivity contribution is -0.118. The Balaban J connectivity index is 1.90. The number of thioether (sulfide) groups is 1. The van der Waals surface area contributed by atoms with Crippen molar-refractivity contribution >= 4 is 35.1 Å². The molecule has 0 aromatic carbocycles. The highest BCUT2D eigenvalue weighted by Crippen LogP contribution is 2.22. The van der Waals surface area contributed by atoms with Crippen LogP contribution in [0.25, 0.3) is 0 Å². The first kappa shape index (κ1) is 19.3. The maximum Gasteiger partial charge on any atom is 0.230 e. The molecule has 0 aliphatic carbocycles. The van der Waals surface area contributed by atoms with E-state index in [2.05, 4.69) is 38.9 Å². The number of nitrogens with one attached hydrogen (secondary N) is 1. The van der Waals surface area contributed by atoms with Crippen LogP contribution in [-0.4, -0.2) is 65.8 Å². The third kappa shape index (κ3) is 6.11. The number of aromatic nitrogens is 2. The molecule has 1 aliphatic heterocycles. The molecule has 2 heterocycles. The first-order valence-electron chi connectivity index (χ1n) is 8.53. The number of piperazine rings is 1. The number of hydrogen-bond acceptors (Lipinski definition) is 6. The minimum atomic E-state index is 0.00938. The predicted octanol–water partition coefficient (Wildman–Crippen LogP) is 2.28. The molecule has 6 nitrogen and oxygen atoms in total. The van der Waals surface area contributed by atoms with Gasteiger partial charge < -0.3 is 15.1 Å². The van der Waals surface area contributed by atoms with Gasteiger partial charge in [-0.3, -0.25) is 4.79 Å². The summed E-state index contributed by atoms with van der Waals surface area (Å²) in [5.74, 6) is 1.17. The van der Waals surface area contributed by atoms with Crippen LogP contribution in [-0.2, 0) is 4.79 Å². The molecule has 0 unspecified atom stereocenters. The Morgan fingerprint density at radius 2 is 2.04 bits per heavy atom. The SMILES string of the molecule is CCCCNC(=O)CSc1nc(Cl)cc(N2CCN(CC)CC2)n1. The molecule has 0 spiro atoms. The van der Waals surface area contributed by atoms with E-state index in [1.165, 1.54) is 11.8 Å². The number of halogens is 1. The lowest BCUT2D eigenvalue weighted by Gasteiger charge is -2.34. The molecule has 1 N–H and O–H groups in total. The summed E-state index contributed by atoms with van der Waals surface area (Å²) in [5.41, 5.74) is 0. The normalized spacial score (nSPS) is 15.5. The highest BCUT2D eigenvalue weighted by Gasteiger charge is 2.18. The maximum atomic E-state index is 11.8. The molecular weight excluding hydrogens is 346 g/mol. The van der Waals surface area contributed by atoms with Crippen molar-refractivity contribution in [2.45, 2.75) is 31.8 Å². The molecule has 1 aromatic heterocycles. The largest absolute Gasteiger partial charge is 0.355 e. The molecule has 8 heteroatoms. The van der Waals surface area contributed by atoms with Gasteiger partial charge in [0.25, 0.3) is 0 Å². The summed E-state index contributed by atoms with van der Waals surface area (Å²) in [7, 11) is 0. The van der Waals surface area contributed by atoms with Gasteiger partial charge >= 0.3 is 0 Å². The first-order valence-corrected chi connectivity index (χ1v) is 9.90. The summed E-state index contributed by atoms with van der Waals surface area (Å²) < 4.78 is 0. The predicted molar refractivity (Wildman–Crippen MR) is 100 cm³/mol. The van der Waals surface area contributed by atoms with Gasteiger partial charge in [-0.25, -0.2) is 9.97 Å². The molecule has 2 rings (SSSR count). The van der Waals surface area contributed by atoms with Gasteiger partial charge in [-0.05, 0) is 13.0 Å². The number of anilines is 1. The van der Waals surface area contributed by atoms with Gasteiger partial charge in [0.1, 0.15) is 11.0 Å². The number of likely N-dealkylation sites (N-methyl/N-ethyl adjacent to an activating group) is 1. The average molecular weight is 372 g/mol. The molecule has 24 heavy (non-hydrogen) atoms. The van der Waals surface area contributed by atoms with Gasteiger partial charge in [-0.1, -0.05) is 43.6 Å². The third-order valence-corrected chi connectivity index (χ3v) is 5.03. The van der Waals surface area contributed by atoms with Crippen molar-refractivity contribution in [1.82, 2.24) is 20.2 Å². The van der Waals surface area contributed by atoms with E-state index >= 15 is 0 Å². The molecule has 1 aliphatic rings. The zero-order valence-corrected chi connectivity index (χ0v) is 16.0. The van der Waals surface area contributed by atoms with Crippen LogP contribution >= 0.6 is 23.4 Å². The lowest BCUT2D eigenvalue weighted by atomic mass is 10.3. The number of hydrogen-bond donors (Lipinski definition) is 1. The van der Waals surface area contributed by atoms with Crippen LogP contribution in [0.3, 0.4) is 0 Å². The minimum absolute atomic E-state index is 0.00938. The van der Waals surface area contributed by atoms with Gasteiger partial charge in [0.2, 0.25) is 5.91 Å². The number of rotatable bonds is 8. The summed E-state index contributed by atoms with van der Waals surface area (Å²) >= 11 is 7.47. The van der Waals surface area contributed by atoms with Crippen LogP contribution in [0.4, 0.5) is 5.82 Å². The summed E-state index contributed by atoms with van der Waals surface area (Å²) in [4.78, 5) is 25.2. The molecule has 0 saturated carbocycles. The van der Waals surface area contributed by atoms with Gasteiger partial charge in [0.15, 0.2) is 5.16 Å². The van der Waals surface area contributed by atoms with Crippen LogP contribution in [0.2, 0.25) is 5.15 Å². The van der Waals surface area contributed by atoms with Crippen LogP contribution in [0, 0.1) is 0 Å². The van der Waals surface area contributed by atoms with Crippen LogP contribution < -0.4 is 10.2 Å². The minimum Gasteiger partial charge on any atom is -0.355 e. The molecular formula is C16H26ClN5OS. The first-order chi connectivity index (χ1) is 11.6. The molecule has 0 radical (unpaired) electrons. The van der Waals surface area contributed by atoms with E-state index in [9.17, 15) is 4.79 Å². The fourth-order valence-electron chi connectivity index (χ4n) is 2.49. The van der Waals surface area contributed by atoms with Crippen molar-refractivity contribution in [2.24, 2.45) is 0 Å². The van der Waals surface area contributed by atoms with Crippen molar-refractivity contribution in [2.75, 3.05) is 49.9 Å². The van der Waals surface area contributed by atoms with Crippen molar-refractivity contribution in [3.63, 3.8) is 0 Å². The van der Waals surface area contributed by atoms with Crippen LogP contribution in [0.15, 0.2) is 11.2 Å². The summed E-state index contributed by atoms with van der Waals surface area (Å²) in [6.45, 7) is 10.00. The number of amides is 1. The van der Waals surface area contributed by atoms with Gasteiger partial charge in [0.05, 0.1) is 5.75 Å². The second-order valence-electron chi connectivity index (χ2n) is 5.74. The van der Waals surface area contributed by atoms with Crippen LogP contribution in [0.1, 0.15) is 26.7 Å². The Hall–Kier alpha value is -1.05. The number of nitrogens with zero attached hydrogens (tertiary/aromatic N) is 4. The second kappa shape index (κ2) is 10.1. The van der Waals surface area contributed by atoms with E-state index in [-0.39, 0.29) is 5.91 Å². The third-order valence-electron chi connectivity index (χ3n) is 3.99. The highest BCUT2D eigenvalue weighted by atomic mass is 35.5. The van der Waals surface area contributed by atoms with Crippen molar-refractivity contribution < 1.29 is 4.79 Å². The zero-order valence-electron chi connectivity index (χ0n) is 14.4. The quantitative estimate of drug-likeness (QED) is 0.327. The number of carbonyl (C=O) groups is 1. The average Bonchev–Trinajstić information content (AvgIpc) is 2.60. The zero-order chi connectivity index (χ0) is 17.4. The fourth-order valence-corrected chi connectivity index (χ4v) is 3.40. The molecule has 1 aromatic rings. The van der Waals surface area contributed by atoms with E-state index in [1.54, 1.807) is 6.07 Å². The molecule has 134 valence electrons. The molecule has 1 fully saturated rings. The van der Waals surface area contributed by atoms with Gasteiger partial charge in [-0.2, -0.15) is 0 Å². The van der Waals surface area contributed by atoms with E-state index in [0.29, 0.717) is 16.1 Å². The van der Waals surface area contributed by atoms with Gasteiger partial charge in [0, 0.05) is 38.8 Å². The summed E-state index contributed by atoms with van der Waals surface area (Å²) in [5, 5.41) is 3.87. The van der Waals surface area contributed by atoms with Crippen molar-refractivity contribution in [3.8, 4) is 0 Å². The molecule has 0 atom stereocenters. The van der Waals surface area contributed by atoms with Gasteiger partial charge in [-0.15, -0.1) is 0 Å². The van der Waals surface area contributed by atoms with Crippen molar-refractivity contribution in [3.05, 3.63) is 11.2 Å². The monoisotopic (exact) mass is 371 g/mol. The topological polar surface area (TPSA) is 61.4 Å². The Kier molecular flexibility index (Phi) is 8.08. The molecule has 1 saturated heterocycles. The molecule has 0 bridgehead atoms. The number of unbranched alkanes of at least 4 members (excludes halogenated alkanes) is 1. The smallest absolute Gasteiger partial charge is 0.230 e. The Bertz CT molecular complexity index is 537.